The van der Waals surface area contributed by atoms with Gasteiger partial charge in [0.05, 0.1) is 18.4 Å². The van der Waals surface area contributed by atoms with Crippen molar-refractivity contribution in [1.82, 2.24) is 15.2 Å². The van der Waals surface area contributed by atoms with Crippen LogP contribution in [0.4, 0.5) is 5.00 Å². The van der Waals surface area contributed by atoms with Crippen molar-refractivity contribution in [3.63, 3.8) is 0 Å². The van der Waals surface area contributed by atoms with E-state index in [1.807, 2.05) is 24.3 Å². The second-order valence-corrected chi connectivity index (χ2v) is 8.25. The second-order valence-electron chi connectivity index (χ2n) is 6.21. The zero-order chi connectivity index (χ0) is 19.5. The van der Waals surface area contributed by atoms with Crippen LogP contribution in [-0.4, -0.2) is 34.0 Å². The van der Waals surface area contributed by atoms with E-state index < -0.39 is 0 Å². The highest BCUT2D eigenvalue weighted by Gasteiger charge is 2.23. The average molecular weight is 412 g/mol. The number of aromatic nitrogens is 3. The number of ether oxygens (including phenoxy) is 1. The molecule has 1 aliphatic carbocycles. The number of nitrogens with one attached hydrogen (secondary N) is 2. The fourth-order valence-corrected chi connectivity index (χ4v) is 4.95. The number of thiophene rings is 1. The van der Waals surface area contributed by atoms with Crippen LogP contribution < -0.4 is 10.1 Å². The second kappa shape index (κ2) is 8.04. The molecule has 3 aromatic rings. The number of rotatable bonds is 6. The summed E-state index contributed by atoms with van der Waals surface area (Å²) in [5.74, 6) is 1.41. The number of nitriles is 1. The maximum atomic E-state index is 12.3. The molecule has 1 aliphatic rings. The Kier molecular flexibility index (Phi) is 5.32. The van der Waals surface area contributed by atoms with Gasteiger partial charge in [-0.1, -0.05) is 11.8 Å². The van der Waals surface area contributed by atoms with E-state index in [1.165, 1.54) is 28.0 Å². The number of benzene rings is 1. The number of hydrogen-bond donors (Lipinski definition) is 2. The summed E-state index contributed by atoms with van der Waals surface area (Å²) < 4.78 is 5.15. The lowest BCUT2D eigenvalue weighted by Crippen LogP contribution is -2.14. The maximum Gasteiger partial charge on any atom is 0.235 e. The van der Waals surface area contributed by atoms with Crippen molar-refractivity contribution < 1.29 is 9.53 Å². The number of nitrogens with zero attached hydrogens (tertiary/aromatic N) is 3. The Morgan fingerprint density at radius 1 is 1.39 bits per heavy atom. The largest absolute Gasteiger partial charge is 0.497 e. The molecule has 0 saturated heterocycles. The quantitative estimate of drug-likeness (QED) is 0.600. The third-order valence-corrected chi connectivity index (χ3v) is 6.50. The molecule has 4 rings (SSSR count). The van der Waals surface area contributed by atoms with Crippen LogP contribution in [0.2, 0.25) is 0 Å². The van der Waals surface area contributed by atoms with Gasteiger partial charge in [-0.05, 0) is 49.1 Å². The van der Waals surface area contributed by atoms with E-state index in [2.05, 4.69) is 26.6 Å². The summed E-state index contributed by atoms with van der Waals surface area (Å²) in [5.41, 5.74) is 2.61. The van der Waals surface area contributed by atoms with Crippen LogP contribution in [0.5, 0.6) is 5.75 Å². The van der Waals surface area contributed by atoms with Crippen molar-refractivity contribution in [3.05, 3.63) is 40.3 Å². The third-order valence-electron chi connectivity index (χ3n) is 4.45. The number of aryl methyl sites for hydroxylation is 1. The summed E-state index contributed by atoms with van der Waals surface area (Å²) in [7, 11) is 1.62. The molecule has 2 heterocycles. The Bertz CT molecular complexity index is 1050. The lowest BCUT2D eigenvalue weighted by molar-refractivity contribution is -0.113. The van der Waals surface area contributed by atoms with Crippen molar-refractivity contribution in [2.45, 2.75) is 24.4 Å². The Morgan fingerprint density at radius 3 is 2.96 bits per heavy atom. The first-order valence-corrected chi connectivity index (χ1v) is 10.5. The van der Waals surface area contributed by atoms with Crippen molar-refractivity contribution >= 4 is 34.0 Å². The van der Waals surface area contributed by atoms with Gasteiger partial charge in [-0.3, -0.25) is 9.89 Å². The Balaban J connectivity index is 1.37. The van der Waals surface area contributed by atoms with Crippen LogP contribution in [0.15, 0.2) is 29.4 Å². The predicted molar refractivity (Wildman–Crippen MR) is 109 cm³/mol. The number of anilines is 1. The molecule has 0 radical (unpaired) electrons. The molecule has 142 valence electrons. The topological polar surface area (TPSA) is 104 Å². The third kappa shape index (κ3) is 3.74. The van der Waals surface area contributed by atoms with Gasteiger partial charge < -0.3 is 10.1 Å². The van der Waals surface area contributed by atoms with Crippen LogP contribution in [0.25, 0.3) is 11.4 Å². The van der Waals surface area contributed by atoms with E-state index in [-0.39, 0.29) is 11.7 Å². The monoisotopic (exact) mass is 411 g/mol. The number of carbonyl (C=O) groups excluding carboxylic acids is 1. The molecule has 0 fully saturated rings. The first-order chi connectivity index (χ1) is 13.7. The standard InChI is InChI=1S/C19H17N5O2S2/c1-26-12-7-5-11(6-8-12)17-22-19(24-23-17)27-10-16(25)21-18-14(9-20)13-3-2-4-15(13)28-18/h5-8H,2-4,10H2,1H3,(H,21,25)(H,22,23,24). The number of aromatic amines is 1. The van der Waals surface area contributed by atoms with Crippen molar-refractivity contribution in [3.8, 4) is 23.2 Å². The van der Waals surface area contributed by atoms with Gasteiger partial charge in [0.1, 0.15) is 16.8 Å². The molecule has 0 saturated carbocycles. The van der Waals surface area contributed by atoms with Crippen molar-refractivity contribution in [1.29, 1.82) is 5.26 Å². The molecular formula is C19H17N5O2S2. The molecule has 9 heteroatoms. The van der Waals surface area contributed by atoms with Gasteiger partial charge in [-0.25, -0.2) is 4.98 Å². The smallest absolute Gasteiger partial charge is 0.235 e. The van der Waals surface area contributed by atoms with Crippen LogP contribution in [0.1, 0.15) is 22.4 Å². The number of carbonyl (C=O) groups is 1. The number of methoxy groups -OCH3 is 1. The van der Waals surface area contributed by atoms with Crippen molar-refractivity contribution in [2.75, 3.05) is 18.2 Å². The van der Waals surface area contributed by atoms with Gasteiger partial charge in [0, 0.05) is 10.4 Å². The van der Waals surface area contributed by atoms with E-state index in [9.17, 15) is 10.1 Å². The molecular weight excluding hydrogens is 394 g/mol. The van der Waals surface area contributed by atoms with Gasteiger partial charge in [0.2, 0.25) is 11.1 Å². The molecule has 2 aromatic heterocycles. The summed E-state index contributed by atoms with van der Waals surface area (Å²) in [6.45, 7) is 0. The predicted octanol–water partition coefficient (Wildman–Crippen LogP) is 3.63. The summed E-state index contributed by atoms with van der Waals surface area (Å²) >= 11 is 2.76. The Labute approximate surface area is 170 Å². The number of hydrogen-bond acceptors (Lipinski definition) is 7. The molecule has 1 amide bonds. The SMILES string of the molecule is COc1ccc(-c2nc(SCC(=O)Nc3sc4c(c3C#N)CCC4)n[nH]2)cc1. The van der Waals surface area contributed by atoms with Crippen LogP contribution in [0.3, 0.4) is 0 Å². The Morgan fingerprint density at radius 2 is 2.21 bits per heavy atom. The minimum atomic E-state index is -0.169. The molecule has 28 heavy (non-hydrogen) atoms. The van der Waals surface area contributed by atoms with Crippen molar-refractivity contribution in [2.24, 2.45) is 0 Å². The molecule has 7 nitrogen and oxygen atoms in total. The molecule has 1 aromatic carbocycles. The van der Waals surface area contributed by atoms with E-state index in [0.717, 1.165) is 36.1 Å². The molecule has 0 spiro atoms. The summed E-state index contributed by atoms with van der Waals surface area (Å²) in [6, 6.07) is 9.71. The highest BCUT2D eigenvalue weighted by atomic mass is 32.2. The fourth-order valence-electron chi connectivity index (χ4n) is 3.09. The fraction of sp³-hybridized carbons (Fsp3) is 0.263. The van der Waals surface area contributed by atoms with E-state index >= 15 is 0 Å². The summed E-state index contributed by atoms with van der Waals surface area (Å²) in [6.07, 6.45) is 3.00. The molecule has 0 unspecified atom stereocenters. The van der Waals surface area contributed by atoms with Crippen LogP contribution >= 0.6 is 23.1 Å². The number of fused-ring (bicyclic) bond motifs is 1. The summed E-state index contributed by atoms with van der Waals surface area (Å²) in [4.78, 5) is 17.9. The first-order valence-electron chi connectivity index (χ1n) is 8.72. The van der Waals surface area contributed by atoms with E-state index in [0.29, 0.717) is 21.5 Å². The lowest BCUT2D eigenvalue weighted by atomic mass is 10.1. The van der Waals surface area contributed by atoms with Gasteiger partial charge in [0.25, 0.3) is 0 Å². The average Bonchev–Trinajstić information content (AvgIpc) is 3.42. The minimum Gasteiger partial charge on any atom is -0.497 e. The first kappa shape index (κ1) is 18.5. The van der Waals surface area contributed by atoms with Crippen LogP contribution in [0, 0.1) is 11.3 Å². The highest BCUT2D eigenvalue weighted by molar-refractivity contribution is 7.99. The molecule has 2 N–H and O–H groups in total. The Hall–Kier alpha value is -2.83. The van der Waals surface area contributed by atoms with Crippen LogP contribution in [-0.2, 0) is 17.6 Å². The van der Waals surface area contributed by atoms with E-state index in [1.54, 1.807) is 7.11 Å². The summed E-state index contributed by atoms with van der Waals surface area (Å²) in [5, 5.41) is 20.5. The zero-order valence-corrected chi connectivity index (χ0v) is 16.7. The number of amides is 1. The molecule has 0 aliphatic heterocycles. The minimum absolute atomic E-state index is 0.169. The van der Waals surface area contributed by atoms with Gasteiger partial charge in [-0.2, -0.15) is 5.26 Å². The van der Waals surface area contributed by atoms with E-state index in [4.69, 9.17) is 4.74 Å². The lowest BCUT2D eigenvalue weighted by Gasteiger charge is -2.02. The maximum absolute atomic E-state index is 12.3. The van der Waals surface area contributed by atoms with Gasteiger partial charge in [0.15, 0.2) is 5.82 Å². The van der Waals surface area contributed by atoms with Gasteiger partial charge in [-0.15, -0.1) is 16.4 Å². The number of H-pyrrole nitrogens is 1. The highest BCUT2D eigenvalue weighted by Crippen LogP contribution is 2.38. The van der Waals surface area contributed by atoms with Gasteiger partial charge >= 0.3 is 0 Å². The zero-order valence-electron chi connectivity index (χ0n) is 15.1. The number of thioether (sulfide) groups is 1. The molecule has 0 atom stereocenters. The normalized spacial score (nSPS) is 12.4. The molecule has 0 bridgehead atoms.